The van der Waals surface area contributed by atoms with E-state index in [2.05, 4.69) is 12.4 Å². The predicted octanol–water partition coefficient (Wildman–Crippen LogP) is 7.64. The van der Waals surface area contributed by atoms with Gasteiger partial charge in [0.1, 0.15) is 0 Å². The smallest absolute Gasteiger partial charge is 0.343 e. The molecule has 1 aliphatic heterocycles. The fraction of sp³-hybridized carbons (Fsp3) is 0.741. The molecule has 1 saturated heterocycles. The Labute approximate surface area is 203 Å². The second kappa shape index (κ2) is 15.4. The van der Waals surface area contributed by atoms with Gasteiger partial charge in [-0.05, 0) is 49.3 Å². The Morgan fingerprint density at radius 2 is 1.47 bits per heavy atom. The summed E-state index contributed by atoms with van der Waals surface area (Å²) in [7, 11) is 0. The maximum atomic E-state index is 12.8. The predicted molar refractivity (Wildman–Crippen MR) is 127 cm³/mol. The molecule has 1 fully saturated rings. The Balaban J connectivity index is 1.61. The van der Waals surface area contributed by atoms with Crippen LogP contribution in [0.15, 0.2) is 24.3 Å². The zero-order valence-corrected chi connectivity index (χ0v) is 20.6. The molecule has 7 heteroatoms. The second-order valence-electron chi connectivity index (χ2n) is 9.73. The lowest BCUT2D eigenvalue weighted by Gasteiger charge is -2.33. The molecule has 192 valence electrons. The molecule has 0 N–H and O–H groups in total. The average Bonchev–Trinajstić information content (AvgIpc) is 2.83. The second-order valence-corrected chi connectivity index (χ2v) is 9.73. The molecule has 34 heavy (non-hydrogen) atoms. The Hall–Kier alpha value is -1.60. The molecule has 1 heterocycles. The number of benzene rings is 1. The van der Waals surface area contributed by atoms with Crippen LogP contribution < -0.4 is 5.48 Å². The third kappa shape index (κ3) is 10.3. The molecule has 2 radical (unpaired) electrons. The highest BCUT2D eigenvalue weighted by molar-refractivity contribution is 5.76. The van der Waals surface area contributed by atoms with Gasteiger partial charge in [-0.1, -0.05) is 82.3 Å². The average molecular weight is 483 g/mol. The van der Waals surface area contributed by atoms with Gasteiger partial charge < -0.3 is 4.90 Å². The Bertz CT molecular complexity index is 686. The maximum absolute atomic E-state index is 12.8. The van der Waals surface area contributed by atoms with Crippen LogP contribution in [-0.4, -0.2) is 23.9 Å². The minimum atomic E-state index is -4.39. The molecule has 0 bridgehead atoms. The number of hydrogen-bond acceptors (Lipinski definition) is 1. The molecule has 0 spiro atoms. The first-order chi connectivity index (χ1) is 16.3. The molecule has 1 aliphatic rings. The standard InChI is InChI=1S/C27H41F3N2O2/c1-2-3-4-5-6-7-8-9-10-11-12-26(33)32-19-17-22(18-20-32)21-25(31-34)23-13-15-24(16-14-23)27(28,29)30/h13-16,22,25H,2-12,17-21H2,1H3. The number of unbranched alkanes of at least 4 members (excludes halogenated alkanes) is 9. The lowest BCUT2D eigenvalue weighted by atomic mass is 9.87. The van der Waals surface area contributed by atoms with Crippen molar-refractivity contribution in [2.24, 2.45) is 5.92 Å². The molecule has 0 aromatic heterocycles. The van der Waals surface area contributed by atoms with E-state index in [0.717, 1.165) is 37.8 Å². The van der Waals surface area contributed by atoms with Crippen LogP contribution in [0.25, 0.3) is 0 Å². The largest absolute Gasteiger partial charge is 0.416 e. The number of halogens is 3. The van der Waals surface area contributed by atoms with Crippen molar-refractivity contribution in [3.05, 3.63) is 35.4 Å². The number of alkyl halides is 3. The van der Waals surface area contributed by atoms with Gasteiger partial charge in [0.25, 0.3) is 0 Å². The van der Waals surface area contributed by atoms with Gasteiger partial charge in [-0.25, -0.2) is 0 Å². The SMILES string of the molecule is CCCCCCCCCCCCC(=O)N1CCC(CC([N][O])c2ccc(C(F)(F)F)cc2)CC1. The first kappa shape index (κ1) is 28.6. The summed E-state index contributed by atoms with van der Waals surface area (Å²) in [5.74, 6) is 0.456. The van der Waals surface area contributed by atoms with Crippen molar-refractivity contribution in [3.63, 3.8) is 0 Å². The summed E-state index contributed by atoms with van der Waals surface area (Å²) in [6.45, 7) is 3.59. The topological polar surface area (TPSA) is 54.3 Å². The van der Waals surface area contributed by atoms with Gasteiger partial charge in [0.05, 0.1) is 11.6 Å². The van der Waals surface area contributed by atoms with Gasteiger partial charge >= 0.3 is 6.18 Å². The van der Waals surface area contributed by atoms with Crippen LogP contribution in [0.5, 0.6) is 0 Å². The summed E-state index contributed by atoms with van der Waals surface area (Å²) in [4.78, 5) is 14.4. The highest BCUT2D eigenvalue weighted by Crippen LogP contribution is 2.33. The minimum absolute atomic E-state index is 0.214. The summed E-state index contributed by atoms with van der Waals surface area (Å²) in [5.41, 5.74) is 2.97. The van der Waals surface area contributed by atoms with Crippen molar-refractivity contribution >= 4 is 5.91 Å². The normalized spacial score (nSPS) is 16.1. The van der Waals surface area contributed by atoms with Crippen molar-refractivity contribution in [2.45, 2.75) is 109 Å². The summed E-state index contributed by atoms with van der Waals surface area (Å²) >= 11 is 0. The van der Waals surface area contributed by atoms with Crippen molar-refractivity contribution in [1.82, 2.24) is 10.4 Å². The zero-order chi connectivity index (χ0) is 24.8. The molecular weight excluding hydrogens is 441 g/mol. The fourth-order valence-electron chi connectivity index (χ4n) is 4.79. The zero-order valence-electron chi connectivity index (χ0n) is 20.6. The van der Waals surface area contributed by atoms with E-state index in [1.807, 2.05) is 4.90 Å². The van der Waals surface area contributed by atoms with Gasteiger partial charge in [0.2, 0.25) is 5.91 Å². The van der Waals surface area contributed by atoms with Crippen LogP contribution in [0.1, 0.15) is 114 Å². The molecule has 1 aromatic carbocycles. The number of likely N-dealkylation sites (tertiary alicyclic amines) is 1. The lowest BCUT2D eigenvalue weighted by molar-refractivity contribution is -0.137. The van der Waals surface area contributed by atoms with E-state index in [0.29, 0.717) is 31.5 Å². The summed E-state index contributed by atoms with van der Waals surface area (Å²) < 4.78 is 38.3. The quantitative estimate of drug-likeness (QED) is 0.187. The van der Waals surface area contributed by atoms with Crippen LogP contribution in [0, 0.1) is 5.92 Å². The van der Waals surface area contributed by atoms with E-state index < -0.39 is 17.8 Å². The Kier molecular flexibility index (Phi) is 13.0. The van der Waals surface area contributed by atoms with E-state index in [1.165, 1.54) is 63.5 Å². The van der Waals surface area contributed by atoms with E-state index in [4.69, 9.17) is 0 Å². The number of rotatable bonds is 15. The summed E-state index contributed by atoms with van der Waals surface area (Å²) in [6.07, 6.45) is 10.8. The fourth-order valence-corrected chi connectivity index (χ4v) is 4.79. The van der Waals surface area contributed by atoms with Gasteiger partial charge in [-0.3, -0.25) is 4.79 Å². The third-order valence-corrected chi connectivity index (χ3v) is 7.02. The van der Waals surface area contributed by atoms with Crippen LogP contribution >= 0.6 is 0 Å². The van der Waals surface area contributed by atoms with Crippen molar-refractivity contribution in [1.29, 1.82) is 0 Å². The molecule has 1 amide bonds. The number of hydrogen-bond donors (Lipinski definition) is 0. The molecular formula is C27H41F3N2O2. The Morgan fingerprint density at radius 3 is 1.97 bits per heavy atom. The van der Waals surface area contributed by atoms with Gasteiger partial charge in [0, 0.05) is 19.5 Å². The number of carbonyl (C=O) groups excluding carboxylic acids is 1. The Morgan fingerprint density at radius 1 is 0.941 bits per heavy atom. The first-order valence-corrected chi connectivity index (χ1v) is 13.1. The van der Waals surface area contributed by atoms with Crippen molar-refractivity contribution in [2.75, 3.05) is 13.1 Å². The van der Waals surface area contributed by atoms with E-state index in [9.17, 15) is 23.2 Å². The molecule has 2 rings (SSSR count). The van der Waals surface area contributed by atoms with Crippen LogP contribution in [0.3, 0.4) is 0 Å². The van der Waals surface area contributed by atoms with Crippen LogP contribution in [0.4, 0.5) is 13.2 Å². The monoisotopic (exact) mass is 482 g/mol. The molecule has 1 atom stereocenters. The first-order valence-electron chi connectivity index (χ1n) is 13.1. The molecule has 1 unspecified atom stereocenters. The van der Waals surface area contributed by atoms with Crippen LogP contribution in [-0.2, 0) is 16.2 Å². The van der Waals surface area contributed by atoms with Crippen molar-refractivity contribution in [3.8, 4) is 0 Å². The highest BCUT2D eigenvalue weighted by atomic mass is 19.4. The number of hydroxylamine groups is 1. The molecule has 0 aliphatic carbocycles. The minimum Gasteiger partial charge on any atom is -0.343 e. The summed E-state index contributed by atoms with van der Waals surface area (Å²) in [5, 5.41) is 11.4. The van der Waals surface area contributed by atoms with Crippen LogP contribution in [0.2, 0.25) is 0 Å². The number of carbonyl (C=O) groups is 1. The number of nitrogens with zero attached hydrogens (tertiary/aromatic N) is 2. The van der Waals surface area contributed by atoms with Gasteiger partial charge in [-0.2, -0.15) is 13.2 Å². The van der Waals surface area contributed by atoms with E-state index in [-0.39, 0.29) is 11.8 Å². The highest BCUT2D eigenvalue weighted by Gasteiger charge is 2.31. The van der Waals surface area contributed by atoms with Gasteiger partial charge in [-0.15, -0.1) is 5.21 Å². The lowest BCUT2D eigenvalue weighted by Crippen LogP contribution is -2.38. The molecule has 4 nitrogen and oxygen atoms in total. The maximum Gasteiger partial charge on any atom is 0.416 e. The number of piperidine rings is 1. The van der Waals surface area contributed by atoms with Gasteiger partial charge in [0.15, 0.2) is 0 Å². The van der Waals surface area contributed by atoms with E-state index in [1.54, 1.807) is 0 Å². The molecule has 0 saturated carbocycles. The summed E-state index contributed by atoms with van der Waals surface area (Å²) in [6, 6.07) is 4.05. The van der Waals surface area contributed by atoms with Crippen molar-refractivity contribution < 1.29 is 23.2 Å². The third-order valence-electron chi connectivity index (χ3n) is 7.02. The molecule has 1 aromatic rings. The van der Waals surface area contributed by atoms with E-state index >= 15 is 0 Å². The number of amides is 1.